The SMILES string of the molecule is Cc1ccc(S(=O)(=O)N(CC(=O)N(Cc2ccccc2)C(Cc2ccccc2)C(=O)NC2CCCC2)c2ccc(C)c(Cl)c2)cc1. The smallest absolute Gasteiger partial charge is 0.264 e. The minimum atomic E-state index is -4.20. The van der Waals surface area contributed by atoms with Crippen molar-refractivity contribution in [1.29, 1.82) is 0 Å². The Labute approximate surface area is 277 Å². The maximum absolute atomic E-state index is 14.6. The van der Waals surface area contributed by atoms with Crippen molar-refractivity contribution in [3.05, 3.63) is 130 Å². The van der Waals surface area contributed by atoms with Crippen molar-refractivity contribution in [3.63, 3.8) is 0 Å². The number of amides is 2. The van der Waals surface area contributed by atoms with Gasteiger partial charge in [-0.3, -0.25) is 13.9 Å². The number of benzene rings is 4. The number of nitrogens with one attached hydrogen (secondary N) is 1. The van der Waals surface area contributed by atoms with Crippen LogP contribution in [0.5, 0.6) is 0 Å². The lowest BCUT2D eigenvalue weighted by Gasteiger charge is -2.34. The van der Waals surface area contributed by atoms with Crippen molar-refractivity contribution < 1.29 is 18.0 Å². The summed E-state index contributed by atoms with van der Waals surface area (Å²) in [6.45, 7) is 3.31. The average molecular weight is 658 g/mol. The van der Waals surface area contributed by atoms with E-state index in [0.717, 1.165) is 52.2 Å². The van der Waals surface area contributed by atoms with Crippen LogP contribution in [0, 0.1) is 13.8 Å². The zero-order valence-corrected chi connectivity index (χ0v) is 27.8. The normalized spacial score (nSPS) is 14.1. The van der Waals surface area contributed by atoms with E-state index in [2.05, 4.69) is 5.32 Å². The van der Waals surface area contributed by atoms with Gasteiger partial charge in [-0.2, -0.15) is 0 Å². The second-order valence-electron chi connectivity index (χ2n) is 12.0. The van der Waals surface area contributed by atoms with Gasteiger partial charge in [0.25, 0.3) is 10.0 Å². The first-order valence-corrected chi connectivity index (χ1v) is 17.5. The number of nitrogens with zero attached hydrogens (tertiary/aromatic N) is 2. The highest BCUT2D eigenvalue weighted by Crippen LogP contribution is 2.29. The molecule has 0 spiro atoms. The molecule has 1 saturated carbocycles. The predicted octanol–water partition coefficient (Wildman–Crippen LogP) is 6.85. The van der Waals surface area contributed by atoms with Crippen molar-refractivity contribution in [3.8, 4) is 0 Å². The molecular formula is C37H40ClN3O4S. The van der Waals surface area contributed by atoms with Gasteiger partial charge in [-0.05, 0) is 67.6 Å². The van der Waals surface area contributed by atoms with Crippen molar-refractivity contribution in [2.75, 3.05) is 10.8 Å². The molecule has 1 fully saturated rings. The number of halogens is 1. The molecule has 46 heavy (non-hydrogen) atoms. The molecular weight excluding hydrogens is 618 g/mol. The average Bonchev–Trinajstić information content (AvgIpc) is 3.57. The molecule has 1 atom stereocenters. The van der Waals surface area contributed by atoms with Crippen LogP contribution in [-0.4, -0.2) is 43.8 Å². The van der Waals surface area contributed by atoms with Crippen molar-refractivity contribution >= 4 is 39.1 Å². The predicted molar refractivity (Wildman–Crippen MR) is 183 cm³/mol. The zero-order chi connectivity index (χ0) is 32.7. The van der Waals surface area contributed by atoms with Gasteiger partial charge in [0.2, 0.25) is 11.8 Å². The number of carbonyl (C=O) groups excluding carboxylic acids is 2. The second-order valence-corrected chi connectivity index (χ2v) is 14.2. The zero-order valence-electron chi connectivity index (χ0n) is 26.2. The molecule has 2 amide bonds. The van der Waals surface area contributed by atoms with Gasteiger partial charge >= 0.3 is 0 Å². The molecule has 1 N–H and O–H groups in total. The fourth-order valence-corrected chi connectivity index (χ4v) is 7.39. The lowest BCUT2D eigenvalue weighted by molar-refractivity contribution is -0.140. The first-order valence-electron chi connectivity index (χ1n) is 15.6. The van der Waals surface area contributed by atoms with E-state index >= 15 is 0 Å². The van der Waals surface area contributed by atoms with E-state index in [0.29, 0.717) is 5.02 Å². The summed E-state index contributed by atoms with van der Waals surface area (Å²) >= 11 is 6.47. The van der Waals surface area contributed by atoms with Crippen LogP contribution in [0.1, 0.15) is 47.9 Å². The van der Waals surface area contributed by atoms with Gasteiger partial charge in [-0.1, -0.05) is 109 Å². The lowest BCUT2D eigenvalue weighted by Crippen LogP contribution is -2.54. The molecule has 1 aliphatic carbocycles. The van der Waals surface area contributed by atoms with E-state index in [1.165, 1.54) is 17.0 Å². The van der Waals surface area contributed by atoms with Crippen LogP contribution in [0.4, 0.5) is 5.69 Å². The summed E-state index contributed by atoms with van der Waals surface area (Å²) in [5.74, 6) is -0.745. The van der Waals surface area contributed by atoms with Crippen LogP contribution in [0.15, 0.2) is 108 Å². The van der Waals surface area contributed by atoms with Crippen molar-refractivity contribution in [1.82, 2.24) is 10.2 Å². The molecule has 0 radical (unpaired) electrons. The quantitative estimate of drug-likeness (QED) is 0.181. The Kier molecular flexibility index (Phi) is 10.8. The van der Waals surface area contributed by atoms with Crippen LogP contribution in [0.2, 0.25) is 5.02 Å². The fourth-order valence-electron chi connectivity index (χ4n) is 5.80. The Morgan fingerprint density at radius 1 is 0.848 bits per heavy atom. The first kappa shape index (κ1) is 33.2. The summed E-state index contributed by atoms with van der Waals surface area (Å²) < 4.78 is 29.5. The molecule has 0 bridgehead atoms. The van der Waals surface area contributed by atoms with Crippen LogP contribution in [-0.2, 0) is 32.6 Å². The van der Waals surface area contributed by atoms with Crippen molar-refractivity contribution in [2.24, 2.45) is 0 Å². The van der Waals surface area contributed by atoms with E-state index in [1.807, 2.05) is 74.5 Å². The molecule has 0 aromatic heterocycles. The maximum Gasteiger partial charge on any atom is 0.264 e. The highest BCUT2D eigenvalue weighted by atomic mass is 35.5. The molecule has 9 heteroatoms. The molecule has 1 unspecified atom stereocenters. The monoisotopic (exact) mass is 657 g/mol. The largest absolute Gasteiger partial charge is 0.352 e. The molecule has 0 saturated heterocycles. The molecule has 1 aliphatic rings. The van der Waals surface area contributed by atoms with Gasteiger partial charge in [0.15, 0.2) is 0 Å². The van der Waals surface area contributed by atoms with Crippen LogP contribution in [0.3, 0.4) is 0 Å². The second kappa shape index (κ2) is 15.0. The third-order valence-corrected chi connectivity index (χ3v) is 10.7. The summed E-state index contributed by atoms with van der Waals surface area (Å²) in [5.41, 5.74) is 3.68. The van der Waals surface area contributed by atoms with Gasteiger partial charge < -0.3 is 10.2 Å². The third-order valence-electron chi connectivity index (χ3n) is 8.50. The van der Waals surface area contributed by atoms with Gasteiger partial charge in [-0.15, -0.1) is 0 Å². The van der Waals surface area contributed by atoms with Gasteiger partial charge in [0.1, 0.15) is 12.6 Å². The van der Waals surface area contributed by atoms with Gasteiger partial charge in [0.05, 0.1) is 10.6 Å². The molecule has 4 aromatic rings. The maximum atomic E-state index is 14.6. The summed E-state index contributed by atoms with van der Waals surface area (Å²) in [6.07, 6.45) is 4.16. The van der Waals surface area contributed by atoms with Crippen LogP contribution < -0.4 is 9.62 Å². The fraction of sp³-hybridized carbons (Fsp3) is 0.297. The number of carbonyl (C=O) groups is 2. The Balaban J connectivity index is 1.56. The summed E-state index contributed by atoms with van der Waals surface area (Å²) in [4.78, 5) is 30.2. The minimum absolute atomic E-state index is 0.0487. The third kappa shape index (κ3) is 8.17. The Morgan fingerprint density at radius 3 is 2.07 bits per heavy atom. The molecule has 0 aliphatic heterocycles. The van der Waals surface area contributed by atoms with Gasteiger partial charge in [-0.25, -0.2) is 8.42 Å². The highest BCUT2D eigenvalue weighted by molar-refractivity contribution is 7.92. The van der Waals surface area contributed by atoms with Gasteiger partial charge in [0, 0.05) is 24.0 Å². The minimum Gasteiger partial charge on any atom is -0.352 e. The summed E-state index contributed by atoms with van der Waals surface area (Å²) in [6, 6.07) is 29.7. The number of rotatable bonds is 12. The number of hydrogen-bond acceptors (Lipinski definition) is 4. The number of hydrogen-bond donors (Lipinski definition) is 1. The Bertz CT molecular complexity index is 1740. The molecule has 0 heterocycles. The van der Waals surface area contributed by atoms with Crippen LogP contribution in [0.25, 0.3) is 0 Å². The standard InChI is InChI=1S/C37H40ClN3O4S/c1-27-17-21-33(22-18-27)46(44,45)41(32-20-19-28(2)34(38)24-32)26-36(42)40(25-30-13-7-4-8-14-30)35(23-29-11-5-3-6-12-29)37(43)39-31-15-9-10-16-31/h3-8,11-14,17-22,24,31,35H,9-10,15-16,23,25-26H2,1-2H3,(H,39,43). The van der Waals surface area contributed by atoms with E-state index < -0.39 is 28.5 Å². The lowest BCUT2D eigenvalue weighted by atomic mass is 10.0. The number of sulfonamides is 1. The van der Waals surface area contributed by atoms with E-state index in [4.69, 9.17) is 11.6 Å². The first-order chi connectivity index (χ1) is 22.1. The Hall–Kier alpha value is -4.14. The van der Waals surface area contributed by atoms with Crippen molar-refractivity contribution in [2.45, 2.75) is 69.5 Å². The molecule has 5 rings (SSSR count). The van der Waals surface area contributed by atoms with E-state index in [1.54, 1.807) is 30.3 Å². The summed E-state index contributed by atoms with van der Waals surface area (Å²) in [5, 5.41) is 3.58. The highest BCUT2D eigenvalue weighted by Gasteiger charge is 2.35. The van der Waals surface area contributed by atoms with E-state index in [-0.39, 0.29) is 35.5 Å². The topological polar surface area (TPSA) is 86.8 Å². The number of aryl methyl sites for hydroxylation is 2. The molecule has 240 valence electrons. The van der Waals surface area contributed by atoms with E-state index in [9.17, 15) is 18.0 Å². The summed E-state index contributed by atoms with van der Waals surface area (Å²) in [7, 11) is -4.20. The Morgan fingerprint density at radius 2 is 1.46 bits per heavy atom. The van der Waals surface area contributed by atoms with Crippen LogP contribution >= 0.6 is 11.6 Å². The molecule has 4 aromatic carbocycles. The molecule has 7 nitrogen and oxygen atoms in total. The number of anilines is 1.